The largest absolute Gasteiger partial charge is 0.379 e. The lowest BCUT2D eigenvalue weighted by molar-refractivity contribution is 0.268. The summed E-state index contributed by atoms with van der Waals surface area (Å²) >= 11 is 0. The molecule has 1 aliphatic carbocycles. The van der Waals surface area contributed by atoms with E-state index in [2.05, 4.69) is 49.2 Å². The van der Waals surface area contributed by atoms with E-state index in [1.54, 1.807) is 0 Å². The Morgan fingerprint density at radius 2 is 1.89 bits per heavy atom. The Hall–Kier alpha value is -1.25. The summed E-state index contributed by atoms with van der Waals surface area (Å²) in [5.41, 5.74) is 2.38. The molecule has 2 unspecified atom stereocenters. The maximum atomic E-state index is 4.25. The number of nitrogens with one attached hydrogen (secondary N) is 1. The van der Waals surface area contributed by atoms with Crippen molar-refractivity contribution in [3.8, 4) is 0 Å². The number of hydrogen-bond acceptors (Lipinski definition) is 3. The van der Waals surface area contributed by atoms with Crippen molar-refractivity contribution >= 4 is 11.4 Å². The molecule has 1 aliphatic rings. The maximum Gasteiger partial charge on any atom is 0.0766 e. The second-order valence-electron chi connectivity index (χ2n) is 5.84. The van der Waals surface area contributed by atoms with Gasteiger partial charge in [-0.3, -0.25) is 4.98 Å². The van der Waals surface area contributed by atoms with Gasteiger partial charge in [0, 0.05) is 26.3 Å². The van der Waals surface area contributed by atoms with Gasteiger partial charge in [-0.2, -0.15) is 0 Å². The zero-order valence-corrected chi connectivity index (χ0v) is 12.0. The molecular weight excluding hydrogens is 222 g/mol. The third-order valence-electron chi connectivity index (χ3n) is 4.15. The standard InChI is InChI=1S/C15H25N3/c1-11-6-5-7-12(2)15(11)17-13-10-16-9-8-14(13)18(3)4/h8-12,15,17H,5-7H2,1-4H3. The highest BCUT2D eigenvalue weighted by Gasteiger charge is 2.28. The van der Waals surface area contributed by atoms with Crippen LogP contribution in [0.15, 0.2) is 18.5 Å². The molecule has 1 saturated carbocycles. The van der Waals surface area contributed by atoms with Gasteiger partial charge in [0.15, 0.2) is 0 Å². The molecule has 1 N–H and O–H groups in total. The van der Waals surface area contributed by atoms with Crippen molar-refractivity contribution in [2.45, 2.75) is 39.2 Å². The molecule has 3 nitrogen and oxygen atoms in total. The van der Waals surface area contributed by atoms with Crippen molar-refractivity contribution in [3.05, 3.63) is 18.5 Å². The number of pyridine rings is 1. The van der Waals surface area contributed by atoms with E-state index < -0.39 is 0 Å². The highest BCUT2D eigenvalue weighted by molar-refractivity contribution is 5.68. The van der Waals surface area contributed by atoms with Crippen LogP contribution in [0.2, 0.25) is 0 Å². The van der Waals surface area contributed by atoms with Crippen molar-refractivity contribution in [2.24, 2.45) is 11.8 Å². The molecule has 2 rings (SSSR count). The Morgan fingerprint density at radius 1 is 1.22 bits per heavy atom. The Bertz CT molecular complexity index is 379. The molecular formula is C15H25N3. The molecule has 1 fully saturated rings. The van der Waals surface area contributed by atoms with Crippen LogP contribution in [-0.2, 0) is 0 Å². The molecule has 0 bridgehead atoms. The van der Waals surface area contributed by atoms with Gasteiger partial charge in [-0.15, -0.1) is 0 Å². The molecule has 0 amide bonds. The summed E-state index contributed by atoms with van der Waals surface area (Å²) < 4.78 is 0. The lowest BCUT2D eigenvalue weighted by Gasteiger charge is -2.36. The van der Waals surface area contributed by atoms with E-state index in [0.29, 0.717) is 6.04 Å². The van der Waals surface area contributed by atoms with Gasteiger partial charge < -0.3 is 10.2 Å². The average molecular weight is 247 g/mol. The average Bonchev–Trinajstić information content (AvgIpc) is 2.34. The molecule has 100 valence electrons. The van der Waals surface area contributed by atoms with Crippen LogP contribution in [0, 0.1) is 11.8 Å². The smallest absolute Gasteiger partial charge is 0.0766 e. The molecule has 3 heteroatoms. The summed E-state index contributed by atoms with van der Waals surface area (Å²) in [6.45, 7) is 4.72. The van der Waals surface area contributed by atoms with Gasteiger partial charge in [-0.25, -0.2) is 0 Å². The molecule has 0 aromatic carbocycles. The number of nitrogens with zero attached hydrogens (tertiary/aromatic N) is 2. The lowest BCUT2D eigenvalue weighted by Crippen LogP contribution is -2.37. The van der Waals surface area contributed by atoms with Gasteiger partial charge >= 0.3 is 0 Å². The summed E-state index contributed by atoms with van der Waals surface area (Å²) in [5.74, 6) is 1.48. The van der Waals surface area contributed by atoms with E-state index in [1.165, 1.54) is 24.9 Å². The van der Waals surface area contributed by atoms with Crippen molar-refractivity contribution < 1.29 is 0 Å². The SMILES string of the molecule is CC1CCCC(C)C1Nc1cnccc1N(C)C. The summed E-state index contributed by atoms with van der Waals surface area (Å²) in [7, 11) is 4.16. The van der Waals surface area contributed by atoms with Gasteiger partial charge in [0.2, 0.25) is 0 Å². The second-order valence-corrected chi connectivity index (χ2v) is 5.84. The van der Waals surface area contributed by atoms with Crippen molar-refractivity contribution in [2.75, 3.05) is 24.3 Å². The molecule has 0 saturated heterocycles. The Morgan fingerprint density at radius 3 is 2.50 bits per heavy atom. The summed E-state index contributed by atoms with van der Waals surface area (Å²) in [4.78, 5) is 6.40. The van der Waals surface area contributed by atoms with Crippen LogP contribution < -0.4 is 10.2 Å². The number of rotatable bonds is 3. The Balaban J connectivity index is 2.17. The van der Waals surface area contributed by atoms with Gasteiger partial charge in [0.05, 0.1) is 17.6 Å². The Labute approximate surface area is 111 Å². The molecule has 18 heavy (non-hydrogen) atoms. The zero-order valence-electron chi connectivity index (χ0n) is 12.0. The van der Waals surface area contributed by atoms with E-state index in [0.717, 1.165) is 17.5 Å². The molecule has 0 aliphatic heterocycles. The third kappa shape index (κ3) is 2.77. The second kappa shape index (κ2) is 5.59. The fourth-order valence-electron chi connectivity index (χ4n) is 3.03. The molecule has 1 heterocycles. The topological polar surface area (TPSA) is 28.2 Å². The predicted molar refractivity (Wildman–Crippen MR) is 78.2 cm³/mol. The van der Waals surface area contributed by atoms with Gasteiger partial charge in [0.25, 0.3) is 0 Å². The normalized spacial score (nSPS) is 27.9. The van der Waals surface area contributed by atoms with Crippen molar-refractivity contribution in [3.63, 3.8) is 0 Å². The number of hydrogen-bond donors (Lipinski definition) is 1. The van der Waals surface area contributed by atoms with Crippen LogP contribution in [0.1, 0.15) is 33.1 Å². The quantitative estimate of drug-likeness (QED) is 0.887. The molecule has 0 spiro atoms. The highest BCUT2D eigenvalue weighted by atomic mass is 15.1. The molecule has 1 aromatic rings. The predicted octanol–water partition coefficient (Wildman–Crippen LogP) is 3.38. The van der Waals surface area contributed by atoms with E-state index in [-0.39, 0.29) is 0 Å². The van der Waals surface area contributed by atoms with Crippen molar-refractivity contribution in [1.82, 2.24) is 4.98 Å². The first-order chi connectivity index (χ1) is 8.59. The lowest BCUT2D eigenvalue weighted by atomic mass is 9.78. The van der Waals surface area contributed by atoms with Crippen LogP contribution in [0.5, 0.6) is 0 Å². The monoisotopic (exact) mass is 247 g/mol. The fraction of sp³-hybridized carbons (Fsp3) is 0.667. The van der Waals surface area contributed by atoms with Crippen LogP contribution in [-0.4, -0.2) is 25.1 Å². The van der Waals surface area contributed by atoms with Gasteiger partial charge in [-0.1, -0.05) is 20.3 Å². The van der Waals surface area contributed by atoms with Gasteiger partial charge in [0.1, 0.15) is 0 Å². The molecule has 1 aromatic heterocycles. The first-order valence-electron chi connectivity index (χ1n) is 6.97. The minimum atomic E-state index is 0.571. The first-order valence-corrected chi connectivity index (χ1v) is 6.97. The summed E-state index contributed by atoms with van der Waals surface area (Å²) in [6, 6.07) is 2.64. The first kappa shape index (κ1) is 13.2. The zero-order chi connectivity index (χ0) is 13.1. The van der Waals surface area contributed by atoms with E-state index in [1.807, 2.05) is 12.4 Å². The third-order valence-corrected chi connectivity index (χ3v) is 4.15. The van der Waals surface area contributed by atoms with Gasteiger partial charge in [-0.05, 0) is 30.7 Å². The van der Waals surface area contributed by atoms with Crippen LogP contribution in [0.4, 0.5) is 11.4 Å². The highest BCUT2D eigenvalue weighted by Crippen LogP contribution is 2.33. The van der Waals surface area contributed by atoms with E-state index >= 15 is 0 Å². The maximum absolute atomic E-state index is 4.25. The fourth-order valence-corrected chi connectivity index (χ4v) is 3.03. The summed E-state index contributed by atoms with van der Waals surface area (Å²) in [6.07, 6.45) is 7.84. The van der Waals surface area contributed by atoms with Crippen LogP contribution in [0.25, 0.3) is 0 Å². The number of anilines is 2. The van der Waals surface area contributed by atoms with E-state index in [9.17, 15) is 0 Å². The molecule has 2 atom stereocenters. The Kier molecular flexibility index (Phi) is 4.10. The minimum Gasteiger partial charge on any atom is -0.379 e. The van der Waals surface area contributed by atoms with Crippen LogP contribution in [0.3, 0.4) is 0 Å². The van der Waals surface area contributed by atoms with Crippen molar-refractivity contribution in [1.29, 1.82) is 0 Å². The summed E-state index contributed by atoms with van der Waals surface area (Å²) in [5, 5.41) is 3.73. The van der Waals surface area contributed by atoms with Crippen LogP contribution >= 0.6 is 0 Å². The van der Waals surface area contributed by atoms with E-state index in [4.69, 9.17) is 0 Å². The minimum absolute atomic E-state index is 0.571. The number of aromatic nitrogens is 1. The molecule has 0 radical (unpaired) electrons.